The largest absolute Gasteiger partial charge is 0.452 e. The number of anilines is 1. The molecule has 3 heterocycles. The van der Waals surface area contributed by atoms with Gasteiger partial charge in [-0.3, -0.25) is 9.78 Å². The van der Waals surface area contributed by atoms with Gasteiger partial charge in [0.2, 0.25) is 0 Å². The molecule has 0 bridgehead atoms. The predicted octanol–water partition coefficient (Wildman–Crippen LogP) is 3.38. The summed E-state index contributed by atoms with van der Waals surface area (Å²) < 4.78 is 5.57. The van der Waals surface area contributed by atoms with Gasteiger partial charge < -0.3 is 19.4 Å². The molecular weight excluding hydrogens is 452 g/mol. The van der Waals surface area contributed by atoms with Gasteiger partial charge in [0, 0.05) is 73.0 Å². The Kier molecular flexibility index (Phi) is 6.39. The topological polar surface area (TPSA) is 66.0 Å². The van der Waals surface area contributed by atoms with Crippen molar-refractivity contribution in [3.8, 4) is 0 Å². The summed E-state index contributed by atoms with van der Waals surface area (Å²) in [6, 6.07) is 15.3. The first-order valence-electron chi connectivity index (χ1n) is 11.5. The predicted molar refractivity (Wildman–Crippen MR) is 132 cm³/mol. The van der Waals surface area contributed by atoms with Crippen LogP contribution >= 0.6 is 11.6 Å². The highest BCUT2D eigenvalue weighted by molar-refractivity contribution is 6.30. The van der Waals surface area contributed by atoms with E-state index in [1.54, 1.807) is 4.90 Å². The molecule has 0 N–H and O–H groups in total. The van der Waals surface area contributed by atoms with Crippen molar-refractivity contribution in [2.45, 2.75) is 13.0 Å². The fourth-order valence-electron chi connectivity index (χ4n) is 4.74. The number of hydrogen-bond donors (Lipinski definition) is 0. The molecular formula is C26H27ClN4O3. The molecule has 0 aliphatic carbocycles. The Labute approximate surface area is 203 Å². The number of ether oxygens (including phenoxy) is 1. The van der Waals surface area contributed by atoms with Crippen LogP contribution in [0.25, 0.3) is 10.9 Å². The molecule has 176 valence electrons. The zero-order valence-electron chi connectivity index (χ0n) is 19.2. The monoisotopic (exact) mass is 478 g/mol. The molecule has 2 aliphatic rings. The third kappa shape index (κ3) is 4.58. The van der Waals surface area contributed by atoms with Gasteiger partial charge in [-0.05, 0) is 31.3 Å². The minimum Gasteiger partial charge on any atom is -0.452 e. The standard InChI is InChI=1S/C26H27ClN4O3/c1-29-10-9-23-21(16-29)25(20-7-2-3-8-22(20)28-23)26(33)34-17-24(32)31-13-11-30(12-14-31)19-6-4-5-18(27)15-19/h2-8,15H,9-14,16-17H2,1H3. The van der Waals surface area contributed by atoms with E-state index in [1.807, 2.05) is 55.6 Å². The normalized spacial score (nSPS) is 16.4. The van der Waals surface area contributed by atoms with E-state index < -0.39 is 5.97 Å². The van der Waals surface area contributed by atoms with Crippen molar-refractivity contribution in [2.75, 3.05) is 51.3 Å². The lowest BCUT2D eigenvalue weighted by Gasteiger charge is -2.36. The fourth-order valence-corrected chi connectivity index (χ4v) is 4.92. The molecule has 0 radical (unpaired) electrons. The Morgan fingerprint density at radius 2 is 1.82 bits per heavy atom. The van der Waals surface area contributed by atoms with Crippen LogP contribution in [0.1, 0.15) is 21.6 Å². The van der Waals surface area contributed by atoms with Crippen LogP contribution in [0.4, 0.5) is 5.69 Å². The molecule has 1 saturated heterocycles. The fraction of sp³-hybridized carbons (Fsp3) is 0.346. The lowest BCUT2D eigenvalue weighted by molar-refractivity contribution is -0.134. The molecule has 3 aromatic rings. The van der Waals surface area contributed by atoms with Crippen molar-refractivity contribution >= 4 is 40.1 Å². The molecule has 34 heavy (non-hydrogen) atoms. The number of carbonyl (C=O) groups is 2. The van der Waals surface area contributed by atoms with Gasteiger partial charge in [0.25, 0.3) is 5.91 Å². The Morgan fingerprint density at radius 1 is 1.03 bits per heavy atom. The van der Waals surface area contributed by atoms with Crippen LogP contribution in [0.2, 0.25) is 5.02 Å². The SMILES string of the molecule is CN1CCc2nc3ccccc3c(C(=O)OCC(=O)N3CCN(c4cccc(Cl)c4)CC3)c2C1. The van der Waals surface area contributed by atoms with Crippen LogP contribution < -0.4 is 4.90 Å². The number of amides is 1. The number of nitrogens with zero attached hydrogens (tertiary/aromatic N) is 4. The van der Waals surface area contributed by atoms with Crippen molar-refractivity contribution in [1.29, 1.82) is 0 Å². The van der Waals surface area contributed by atoms with E-state index in [1.165, 1.54) is 0 Å². The number of fused-ring (bicyclic) bond motifs is 2. The first kappa shape index (κ1) is 22.6. The Hall–Kier alpha value is -3.16. The van der Waals surface area contributed by atoms with E-state index in [9.17, 15) is 9.59 Å². The second kappa shape index (κ2) is 9.60. The number of piperazine rings is 1. The van der Waals surface area contributed by atoms with Gasteiger partial charge in [0.15, 0.2) is 6.61 Å². The zero-order valence-corrected chi connectivity index (χ0v) is 19.9. The first-order chi connectivity index (χ1) is 16.5. The second-order valence-electron chi connectivity index (χ2n) is 8.84. The number of pyridine rings is 1. The van der Waals surface area contributed by atoms with Gasteiger partial charge in [-0.25, -0.2) is 4.79 Å². The maximum Gasteiger partial charge on any atom is 0.339 e. The van der Waals surface area contributed by atoms with Crippen LogP contribution in [0.5, 0.6) is 0 Å². The van der Waals surface area contributed by atoms with E-state index in [0.29, 0.717) is 43.3 Å². The maximum atomic E-state index is 13.2. The molecule has 8 heteroatoms. The Balaban J connectivity index is 1.26. The van der Waals surface area contributed by atoms with Crippen LogP contribution in [0, 0.1) is 0 Å². The van der Waals surface area contributed by atoms with E-state index >= 15 is 0 Å². The molecule has 7 nitrogen and oxygen atoms in total. The number of rotatable bonds is 4. The number of halogens is 1. The number of esters is 1. The van der Waals surface area contributed by atoms with Gasteiger partial charge >= 0.3 is 5.97 Å². The van der Waals surface area contributed by atoms with Crippen LogP contribution in [-0.4, -0.2) is 73.0 Å². The molecule has 1 amide bonds. The lowest BCUT2D eigenvalue weighted by Crippen LogP contribution is -2.50. The maximum absolute atomic E-state index is 13.2. The Morgan fingerprint density at radius 3 is 2.62 bits per heavy atom. The second-order valence-corrected chi connectivity index (χ2v) is 9.28. The van der Waals surface area contributed by atoms with Gasteiger partial charge in [0.1, 0.15) is 0 Å². The molecule has 0 spiro atoms. The summed E-state index contributed by atoms with van der Waals surface area (Å²) >= 11 is 6.11. The van der Waals surface area contributed by atoms with E-state index in [4.69, 9.17) is 21.3 Å². The first-order valence-corrected chi connectivity index (χ1v) is 11.9. The quantitative estimate of drug-likeness (QED) is 0.536. The average Bonchev–Trinajstić information content (AvgIpc) is 2.86. The lowest BCUT2D eigenvalue weighted by atomic mass is 9.96. The van der Waals surface area contributed by atoms with Crippen LogP contribution in [0.3, 0.4) is 0 Å². The Bertz CT molecular complexity index is 1240. The molecule has 5 rings (SSSR count). The molecule has 1 aromatic heterocycles. The summed E-state index contributed by atoms with van der Waals surface area (Å²) in [4.78, 5) is 37.0. The van der Waals surface area contributed by atoms with Crippen molar-refractivity contribution < 1.29 is 14.3 Å². The number of carbonyl (C=O) groups excluding carboxylic acids is 2. The summed E-state index contributed by atoms with van der Waals surface area (Å²) in [6.45, 7) is 3.81. The van der Waals surface area contributed by atoms with Crippen LogP contribution in [0.15, 0.2) is 48.5 Å². The van der Waals surface area contributed by atoms with Crippen molar-refractivity contribution in [2.24, 2.45) is 0 Å². The summed E-state index contributed by atoms with van der Waals surface area (Å²) in [5, 5.41) is 1.46. The van der Waals surface area contributed by atoms with Crippen LogP contribution in [-0.2, 0) is 22.5 Å². The van der Waals surface area contributed by atoms with E-state index in [-0.39, 0.29) is 12.5 Å². The van der Waals surface area contributed by atoms with Gasteiger partial charge in [-0.15, -0.1) is 0 Å². The summed E-state index contributed by atoms with van der Waals surface area (Å²) in [5.41, 5.74) is 4.20. The molecule has 0 atom stereocenters. The smallest absolute Gasteiger partial charge is 0.339 e. The highest BCUT2D eigenvalue weighted by Gasteiger charge is 2.27. The molecule has 0 unspecified atom stereocenters. The summed E-state index contributed by atoms with van der Waals surface area (Å²) in [5.74, 6) is -0.639. The number of benzene rings is 2. The highest BCUT2D eigenvalue weighted by atomic mass is 35.5. The zero-order chi connectivity index (χ0) is 23.7. The molecule has 2 aromatic carbocycles. The summed E-state index contributed by atoms with van der Waals surface area (Å²) in [7, 11) is 2.03. The van der Waals surface area contributed by atoms with Gasteiger partial charge in [0.05, 0.1) is 11.1 Å². The van der Waals surface area contributed by atoms with E-state index in [2.05, 4.69) is 9.80 Å². The number of likely N-dealkylation sites (N-methyl/N-ethyl adjacent to an activating group) is 1. The van der Waals surface area contributed by atoms with Crippen molar-refractivity contribution in [3.63, 3.8) is 0 Å². The molecule has 0 saturated carbocycles. The van der Waals surface area contributed by atoms with Crippen molar-refractivity contribution in [1.82, 2.24) is 14.8 Å². The highest BCUT2D eigenvalue weighted by Crippen LogP contribution is 2.28. The molecule has 1 fully saturated rings. The molecule has 2 aliphatic heterocycles. The number of hydrogen-bond acceptors (Lipinski definition) is 6. The minimum absolute atomic E-state index is 0.177. The minimum atomic E-state index is -0.462. The van der Waals surface area contributed by atoms with E-state index in [0.717, 1.165) is 40.8 Å². The third-order valence-corrected chi connectivity index (χ3v) is 6.81. The van der Waals surface area contributed by atoms with Gasteiger partial charge in [-0.1, -0.05) is 35.9 Å². The number of aromatic nitrogens is 1. The van der Waals surface area contributed by atoms with Gasteiger partial charge in [-0.2, -0.15) is 0 Å². The van der Waals surface area contributed by atoms with Crippen molar-refractivity contribution in [3.05, 3.63) is 70.4 Å². The number of para-hydroxylation sites is 1. The summed E-state index contributed by atoms with van der Waals surface area (Å²) in [6.07, 6.45) is 0.785. The average molecular weight is 479 g/mol. The third-order valence-electron chi connectivity index (χ3n) is 6.57.